The molecule has 0 unspecified atom stereocenters. The fraction of sp³-hybridized carbons (Fsp3) is 0.222. The second-order valence-corrected chi connectivity index (χ2v) is 3.71. The lowest BCUT2D eigenvalue weighted by Gasteiger charge is -2.04. The van der Waals surface area contributed by atoms with Crippen molar-refractivity contribution in [1.29, 1.82) is 0 Å². The lowest BCUT2D eigenvalue weighted by atomic mass is 10.2. The highest BCUT2D eigenvalue weighted by atomic mass is 79.9. The molecule has 0 aliphatic rings. The Morgan fingerprint density at radius 1 is 1.57 bits per heavy atom. The molecule has 0 fully saturated rings. The Balaban J connectivity index is 2.51. The summed E-state index contributed by atoms with van der Waals surface area (Å²) in [5, 5.41) is 12.1. The summed E-state index contributed by atoms with van der Waals surface area (Å²) in [4.78, 5) is 10.4. The van der Waals surface area contributed by atoms with Crippen LogP contribution in [0.4, 0.5) is 0 Å². The summed E-state index contributed by atoms with van der Waals surface area (Å²) in [7, 11) is 0. The molecule has 76 valence electrons. The number of nitrogens with two attached hydrogens (primary N) is 1. The van der Waals surface area contributed by atoms with Crippen LogP contribution in [0, 0.1) is 0 Å². The third kappa shape index (κ3) is 3.35. The minimum absolute atomic E-state index is 0.151. The van der Waals surface area contributed by atoms with Gasteiger partial charge in [0.05, 0.1) is 11.0 Å². The van der Waals surface area contributed by atoms with Gasteiger partial charge < -0.3 is 16.2 Å². The van der Waals surface area contributed by atoms with E-state index in [-0.39, 0.29) is 18.2 Å². The van der Waals surface area contributed by atoms with Crippen molar-refractivity contribution in [3.8, 4) is 5.75 Å². The Morgan fingerprint density at radius 3 is 2.86 bits per heavy atom. The normalized spacial score (nSPS) is 10.1. The number of benzene rings is 1. The number of phenols is 1. The van der Waals surface area contributed by atoms with E-state index >= 15 is 0 Å². The summed E-state index contributed by atoms with van der Waals surface area (Å²) >= 11 is 3.20. The van der Waals surface area contributed by atoms with E-state index in [9.17, 15) is 9.90 Å². The molecule has 0 aliphatic heterocycles. The molecule has 0 bridgehead atoms. The van der Waals surface area contributed by atoms with Crippen molar-refractivity contribution in [2.24, 2.45) is 5.73 Å². The number of halogens is 1. The lowest BCUT2D eigenvalue weighted by Crippen LogP contribution is -2.28. The van der Waals surface area contributed by atoms with Gasteiger partial charge in [-0.25, -0.2) is 0 Å². The third-order valence-corrected chi connectivity index (χ3v) is 2.28. The predicted molar refractivity (Wildman–Crippen MR) is 56.7 cm³/mol. The van der Waals surface area contributed by atoms with E-state index in [2.05, 4.69) is 21.2 Å². The average Bonchev–Trinajstić information content (AvgIpc) is 2.10. The molecular formula is C9H11BrN2O2. The van der Waals surface area contributed by atoms with Gasteiger partial charge in [0.15, 0.2) is 0 Å². The Morgan fingerprint density at radius 2 is 2.29 bits per heavy atom. The number of hydrogen-bond donors (Lipinski definition) is 3. The Bertz CT molecular complexity index is 342. The zero-order valence-electron chi connectivity index (χ0n) is 7.46. The van der Waals surface area contributed by atoms with Crippen molar-refractivity contribution in [3.63, 3.8) is 0 Å². The van der Waals surface area contributed by atoms with E-state index in [0.717, 1.165) is 5.56 Å². The Hall–Kier alpha value is -1.07. The molecule has 0 aliphatic carbocycles. The predicted octanol–water partition coefficient (Wildman–Crippen LogP) is 0.730. The number of hydrogen-bond acceptors (Lipinski definition) is 3. The highest BCUT2D eigenvalue weighted by Gasteiger charge is 1.99. The maximum absolute atomic E-state index is 10.4. The van der Waals surface area contributed by atoms with Gasteiger partial charge in [0.2, 0.25) is 5.91 Å². The van der Waals surface area contributed by atoms with Crippen molar-refractivity contribution in [3.05, 3.63) is 28.2 Å². The van der Waals surface area contributed by atoms with Gasteiger partial charge >= 0.3 is 0 Å². The van der Waals surface area contributed by atoms with Crippen LogP contribution < -0.4 is 11.1 Å². The Labute approximate surface area is 90.2 Å². The van der Waals surface area contributed by atoms with E-state index in [4.69, 9.17) is 5.73 Å². The first-order valence-corrected chi connectivity index (χ1v) is 4.85. The van der Waals surface area contributed by atoms with E-state index < -0.39 is 0 Å². The number of rotatable bonds is 4. The van der Waals surface area contributed by atoms with E-state index in [1.165, 1.54) is 0 Å². The van der Waals surface area contributed by atoms with Crippen LogP contribution in [0.3, 0.4) is 0 Å². The molecule has 0 atom stereocenters. The van der Waals surface area contributed by atoms with E-state index in [1.54, 1.807) is 18.2 Å². The van der Waals surface area contributed by atoms with Crippen LogP contribution in [-0.2, 0) is 11.3 Å². The highest BCUT2D eigenvalue weighted by molar-refractivity contribution is 9.10. The summed E-state index contributed by atoms with van der Waals surface area (Å²) in [6.45, 7) is 0.695. The number of carbonyl (C=O) groups is 1. The van der Waals surface area contributed by atoms with Crippen molar-refractivity contribution in [2.75, 3.05) is 6.54 Å². The zero-order chi connectivity index (χ0) is 10.6. The van der Waals surface area contributed by atoms with Gasteiger partial charge in [0.1, 0.15) is 5.75 Å². The van der Waals surface area contributed by atoms with Crippen molar-refractivity contribution < 1.29 is 9.90 Å². The third-order valence-electron chi connectivity index (χ3n) is 1.64. The molecule has 0 saturated heterocycles. The maximum Gasteiger partial charge on any atom is 0.231 e. The number of nitrogens with one attached hydrogen (secondary N) is 1. The largest absolute Gasteiger partial charge is 0.507 e. The Kier molecular flexibility index (Phi) is 3.91. The SMILES string of the molecule is NC(=O)CNCc1ccc(O)c(Br)c1. The first-order chi connectivity index (χ1) is 6.59. The summed E-state index contributed by atoms with van der Waals surface area (Å²) in [6, 6.07) is 5.14. The molecule has 14 heavy (non-hydrogen) atoms. The summed E-state index contributed by atoms with van der Waals surface area (Å²) in [5.41, 5.74) is 5.93. The van der Waals surface area contributed by atoms with Crippen LogP contribution in [0.25, 0.3) is 0 Å². The van der Waals surface area contributed by atoms with Crippen molar-refractivity contribution >= 4 is 21.8 Å². The van der Waals surface area contributed by atoms with Crippen LogP contribution in [0.2, 0.25) is 0 Å². The number of primary amides is 1. The first-order valence-electron chi connectivity index (χ1n) is 4.06. The van der Waals surface area contributed by atoms with E-state index in [1.807, 2.05) is 0 Å². The smallest absolute Gasteiger partial charge is 0.231 e. The second-order valence-electron chi connectivity index (χ2n) is 2.86. The van der Waals surface area contributed by atoms with Crippen LogP contribution in [0.1, 0.15) is 5.56 Å². The number of carbonyl (C=O) groups excluding carboxylic acids is 1. The second kappa shape index (κ2) is 4.97. The number of aromatic hydroxyl groups is 1. The summed E-state index contributed by atoms with van der Waals surface area (Å²) in [5.74, 6) is -0.188. The molecule has 1 rings (SSSR count). The summed E-state index contributed by atoms with van der Waals surface area (Å²) in [6.07, 6.45) is 0. The van der Waals surface area contributed by atoms with Gasteiger partial charge in [-0.2, -0.15) is 0 Å². The van der Waals surface area contributed by atoms with Gasteiger partial charge in [-0.05, 0) is 33.6 Å². The van der Waals surface area contributed by atoms with Crippen molar-refractivity contribution in [2.45, 2.75) is 6.54 Å². The van der Waals surface area contributed by atoms with Gasteiger partial charge in [0, 0.05) is 6.54 Å². The fourth-order valence-corrected chi connectivity index (χ4v) is 1.42. The van der Waals surface area contributed by atoms with Crippen LogP contribution in [0.15, 0.2) is 22.7 Å². The molecule has 0 spiro atoms. The fourth-order valence-electron chi connectivity index (χ4n) is 0.990. The molecule has 5 heteroatoms. The molecular weight excluding hydrogens is 248 g/mol. The quantitative estimate of drug-likeness (QED) is 0.746. The van der Waals surface area contributed by atoms with Gasteiger partial charge in [-0.3, -0.25) is 4.79 Å². The van der Waals surface area contributed by atoms with Crippen molar-refractivity contribution in [1.82, 2.24) is 5.32 Å². The van der Waals surface area contributed by atoms with Crippen LogP contribution in [-0.4, -0.2) is 17.6 Å². The van der Waals surface area contributed by atoms with Crippen LogP contribution >= 0.6 is 15.9 Å². The number of phenolic OH excluding ortho intramolecular Hbond substituents is 1. The molecule has 4 nitrogen and oxygen atoms in total. The lowest BCUT2D eigenvalue weighted by molar-refractivity contribution is -0.117. The standard InChI is InChI=1S/C9H11BrN2O2/c10-7-3-6(1-2-8(7)13)4-12-5-9(11)14/h1-3,12-13H,4-5H2,(H2,11,14). The summed E-state index contributed by atoms with van der Waals surface area (Å²) < 4.78 is 0.635. The molecule has 0 radical (unpaired) electrons. The molecule has 0 saturated carbocycles. The molecule has 4 N–H and O–H groups in total. The van der Waals surface area contributed by atoms with Crippen LogP contribution in [0.5, 0.6) is 5.75 Å². The zero-order valence-corrected chi connectivity index (χ0v) is 9.04. The maximum atomic E-state index is 10.4. The van der Waals surface area contributed by atoms with E-state index in [0.29, 0.717) is 11.0 Å². The molecule has 1 aromatic rings. The molecule has 0 heterocycles. The minimum atomic E-state index is -0.386. The average molecular weight is 259 g/mol. The number of amides is 1. The molecule has 1 amide bonds. The van der Waals surface area contributed by atoms with Gasteiger partial charge in [0.25, 0.3) is 0 Å². The minimum Gasteiger partial charge on any atom is -0.507 e. The highest BCUT2D eigenvalue weighted by Crippen LogP contribution is 2.23. The topological polar surface area (TPSA) is 75.4 Å². The van der Waals surface area contributed by atoms with Gasteiger partial charge in [-0.15, -0.1) is 0 Å². The molecule has 0 aromatic heterocycles. The monoisotopic (exact) mass is 258 g/mol. The van der Waals surface area contributed by atoms with Gasteiger partial charge in [-0.1, -0.05) is 6.07 Å². The molecule has 1 aromatic carbocycles. The first kappa shape index (κ1) is 11.0.